The molecular formula is C25H27N5O2. The first-order chi connectivity index (χ1) is 15.6. The molecule has 2 aromatic carbocycles. The summed E-state index contributed by atoms with van der Waals surface area (Å²) in [6.45, 7) is 3.48. The molecule has 1 aliphatic heterocycles. The number of fused-ring (bicyclic) bond motifs is 1. The fourth-order valence-corrected chi connectivity index (χ4v) is 4.73. The third-order valence-corrected chi connectivity index (χ3v) is 6.55. The largest absolute Gasteiger partial charge is 0.361 e. The predicted octanol–water partition coefficient (Wildman–Crippen LogP) is 3.37. The van der Waals surface area contributed by atoms with E-state index >= 15 is 0 Å². The van der Waals surface area contributed by atoms with Crippen molar-refractivity contribution in [3.8, 4) is 5.69 Å². The van der Waals surface area contributed by atoms with E-state index in [1.807, 2.05) is 60.5 Å². The summed E-state index contributed by atoms with van der Waals surface area (Å²) in [5, 5.41) is 8.02. The van der Waals surface area contributed by atoms with Crippen molar-refractivity contribution in [3.05, 3.63) is 82.2 Å². The highest BCUT2D eigenvalue weighted by Crippen LogP contribution is 2.24. The average Bonchev–Trinajstić information content (AvgIpc) is 3.38. The van der Waals surface area contributed by atoms with Crippen molar-refractivity contribution in [3.63, 3.8) is 0 Å². The van der Waals surface area contributed by atoms with Crippen molar-refractivity contribution < 1.29 is 4.79 Å². The van der Waals surface area contributed by atoms with Crippen LogP contribution in [0.15, 0.2) is 59.5 Å². The van der Waals surface area contributed by atoms with Crippen molar-refractivity contribution in [1.29, 1.82) is 0 Å². The number of para-hydroxylation sites is 2. The lowest BCUT2D eigenvalue weighted by atomic mass is 9.92. The Labute approximate surface area is 186 Å². The van der Waals surface area contributed by atoms with Gasteiger partial charge in [-0.2, -0.15) is 5.10 Å². The van der Waals surface area contributed by atoms with E-state index in [4.69, 9.17) is 0 Å². The maximum Gasteiger partial charge on any atom is 0.347 e. The quantitative estimate of drug-likeness (QED) is 0.510. The highest BCUT2D eigenvalue weighted by molar-refractivity contribution is 5.88. The first kappa shape index (κ1) is 20.3. The number of amides is 1. The summed E-state index contributed by atoms with van der Waals surface area (Å²) in [5.74, 6) is 1.32. The van der Waals surface area contributed by atoms with Gasteiger partial charge in [0.15, 0.2) is 0 Å². The Morgan fingerprint density at radius 2 is 1.84 bits per heavy atom. The summed E-state index contributed by atoms with van der Waals surface area (Å²) < 4.78 is 1.68. The summed E-state index contributed by atoms with van der Waals surface area (Å²) in [6, 6.07) is 15.9. The van der Waals surface area contributed by atoms with E-state index in [1.54, 1.807) is 4.57 Å². The van der Waals surface area contributed by atoms with Crippen molar-refractivity contribution in [2.75, 3.05) is 13.1 Å². The van der Waals surface area contributed by atoms with E-state index < -0.39 is 0 Å². The van der Waals surface area contributed by atoms with Gasteiger partial charge in [0.05, 0.1) is 12.1 Å². The molecule has 0 bridgehead atoms. The predicted molar refractivity (Wildman–Crippen MR) is 124 cm³/mol. The number of aromatic amines is 2. The Balaban J connectivity index is 1.23. The van der Waals surface area contributed by atoms with Crippen LogP contribution < -0.4 is 5.69 Å². The molecule has 5 rings (SSSR count). The van der Waals surface area contributed by atoms with E-state index in [2.05, 4.69) is 21.2 Å². The Morgan fingerprint density at radius 3 is 2.66 bits per heavy atom. The number of hydrogen-bond acceptors (Lipinski definition) is 3. The number of piperidine rings is 1. The van der Waals surface area contributed by atoms with Gasteiger partial charge in [0.1, 0.15) is 5.82 Å². The second-order valence-electron chi connectivity index (χ2n) is 8.63. The van der Waals surface area contributed by atoms with Gasteiger partial charge in [-0.1, -0.05) is 36.4 Å². The van der Waals surface area contributed by atoms with Crippen LogP contribution in [0.4, 0.5) is 0 Å². The number of aryl methyl sites for hydroxylation is 1. The second-order valence-corrected chi connectivity index (χ2v) is 8.63. The van der Waals surface area contributed by atoms with Crippen molar-refractivity contribution in [2.45, 2.75) is 32.6 Å². The van der Waals surface area contributed by atoms with E-state index in [9.17, 15) is 9.59 Å². The third kappa shape index (κ3) is 3.86. The molecule has 0 spiro atoms. The molecule has 4 aromatic rings. The van der Waals surface area contributed by atoms with Gasteiger partial charge in [0.2, 0.25) is 5.91 Å². The molecule has 7 heteroatoms. The van der Waals surface area contributed by atoms with Crippen LogP contribution in [0.25, 0.3) is 16.6 Å². The van der Waals surface area contributed by atoms with E-state index in [1.165, 1.54) is 0 Å². The van der Waals surface area contributed by atoms with E-state index in [0.717, 1.165) is 65.9 Å². The first-order valence-corrected chi connectivity index (χ1v) is 11.1. The summed E-state index contributed by atoms with van der Waals surface area (Å²) >= 11 is 0. The molecule has 1 aliphatic rings. The van der Waals surface area contributed by atoms with Gasteiger partial charge in [0, 0.05) is 36.6 Å². The lowest BCUT2D eigenvalue weighted by molar-refractivity contribution is -0.131. The van der Waals surface area contributed by atoms with Crippen molar-refractivity contribution in [1.82, 2.24) is 24.6 Å². The van der Waals surface area contributed by atoms with Gasteiger partial charge in [-0.15, -0.1) is 0 Å². The average molecular weight is 430 g/mol. The molecule has 1 saturated heterocycles. The summed E-state index contributed by atoms with van der Waals surface area (Å²) in [4.78, 5) is 30.5. The minimum absolute atomic E-state index is 0.171. The molecule has 32 heavy (non-hydrogen) atoms. The SMILES string of the molecule is Cc1ccccc1-n1c(CC2CCN(C(=O)Cc3c[nH]c4ccccc34)CC2)n[nH]c1=O. The van der Waals surface area contributed by atoms with Crippen LogP contribution in [-0.4, -0.2) is 43.6 Å². The van der Waals surface area contributed by atoms with Gasteiger partial charge < -0.3 is 9.88 Å². The lowest BCUT2D eigenvalue weighted by Crippen LogP contribution is -2.39. The Morgan fingerprint density at radius 1 is 1.09 bits per heavy atom. The molecular weight excluding hydrogens is 402 g/mol. The minimum atomic E-state index is -0.208. The minimum Gasteiger partial charge on any atom is -0.361 e. The van der Waals surface area contributed by atoms with Crippen molar-refractivity contribution in [2.24, 2.45) is 5.92 Å². The maximum atomic E-state index is 12.9. The van der Waals surface area contributed by atoms with Gasteiger partial charge in [0.25, 0.3) is 0 Å². The molecule has 7 nitrogen and oxygen atoms in total. The molecule has 0 radical (unpaired) electrons. The smallest absolute Gasteiger partial charge is 0.347 e. The fourth-order valence-electron chi connectivity index (χ4n) is 4.73. The third-order valence-electron chi connectivity index (χ3n) is 6.55. The van der Waals surface area contributed by atoms with Crippen LogP contribution >= 0.6 is 0 Å². The molecule has 0 atom stereocenters. The molecule has 0 aliphatic carbocycles. The van der Waals surface area contributed by atoms with E-state index in [-0.39, 0.29) is 11.6 Å². The summed E-state index contributed by atoms with van der Waals surface area (Å²) in [7, 11) is 0. The number of H-pyrrole nitrogens is 2. The van der Waals surface area contributed by atoms with Gasteiger partial charge in [-0.3, -0.25) is 4.79 Å². The molecule has 1 amide bonds. The molecule has 164 valence electrons. The van der Waals surface area contributed by atoms with Crippen LogP contribution in [0, 0.1) is 12.8 Å². The first-order valence-electron chi connectivity index (χ1n) is 11.1. The zero-order valence-electron chi connectivity index (χ0n) is 18.2. The summed E-state index contributed by atoms with van der Waals surface area (Å²) in [5.41, 5.74) is 3.81. The molecule has 3 heterocycles. The topological polar surface area (TPSA) is 86.8 Å². The second kappa shape index (κ2) is 8.49. The standard InChI is InChI=1S/C25H27N5O2/c1-17-6-2-5-9-22(17)30-23(27-28-25(30)32)14-18-10-12-29(13-11-18)24(31)15-19-16-26-21-8-4-3-7-20(19)21/h2-9,16,18,26H,10-15H2,1H3,(H,28,32). The van der Waals surface area contributed by atoms with Crippen LogP contribution in [0.1, 0.15) is 29.8 Å². The number of likely N-dealkylation sites (tertiary alicyclic amines) is 1. The van der Waals surface area contributed by atoms with E-state index in [0.29, 0.717) is 12.3 Å². The molecule has 1 fully saturated rings. The highest BCUT2D eigenvalue weighted by Gasteiger charge is 2.25. The lowest BCUT2D eigenvalue weighted by Gasteiger charge is -2.32. The normalized spacial score (nSPS) is 14.8. The number of rotatable bonds is 5. The van der Waals surface area contributed by atoms with Crippen LogP contribution in [0.5, 0.6) is 0 Å². The van der Waals surface area contributed by atoms with Crippen LogP contribution in [-0.2, 0) is 17.6 Å². The Kier molecular flexibility index (Phi) is 5.39. The van der Waals surface area contributed by atoms with Crippen molar-refractivity contribution >= 4 is 16.8 Å². The molecule has 2 aromatic heterocycles. The Bertz CT molecular complexity index is 1310. The molecule has 0 saturated carbocycles. The Hall–Kier alpha value is -3.61. The number of carbonyl (C=O) groups excluding carboxylic acids is 1. The highest BCUT2D eigenvalue weighted by atomic mass is 16.2. The summed E-state index contributed by atoms with van der Waals surface area (Å²) in [6.07, 6.45) is 4.90. The zero-order chi connectivity index (χ0) is 22.1. The number of carbonyl (C=O) groups is 1. The fraction of sp³-hybridized carbons (Fsp3) is 0.320. The van der Waals surface area contributed by atoms with Crippen LogP contribution in [0.3, 0.4) is 0 Å². The van der Waals surface area contributed by atoms with Crippen LogP contribution in [0.2, 0.25) is 0 Å². The van der Waals surface area contributed by atoms with Gasteiger partial charge in [-0.25, -0.2) is 14.5 Å². The maximum absolute atomic E-state index is 12.9. The van der Waals surface area contributed by atoms with Gasteiger partial charge in [-0.05, 0) is 48.9 Å². The number of hydrogen-bond donors (Lipinski definition) is 2. The van der Waals surface area contributed by atoms with Gasteiger partial charge >= 0.3 is 5.69 Å². The molecule has 0 unspecified atom stereocenters. The number of nitrogens with zero attached hydrogens (tertiary/aromatic N) is 3. The number of aromatic nitrogens is 4. The molecule has 2 N–H and O–H groups in total. The number of nitrogens with one attached hydrogen (secondary N) is 2. The zero-order valence-corrected chi connectivity index (χ0v) is 18.2. The number of benzene rings is 2. The monoisotopic (exact) mass is 429 g/mol.